The van der Waals surface area contributed by atoms with E-state index in [-0.39, 0.29) is 32.0 Å². The number of hydrogen-bond donors (Lipinski definition) is 4. The van der Waals surface area contributed by atoms with Gasteiger partial charge in [-0.2, -0.15) is 0 Å². The number of aliphatic hydroxyl groups excluding tert-OH is 4. The highest BCUT2D eigenvalue weighted by Gasteiger charge is 2.15. The van der Waals surface area contributed by atoms with Crippen molar-refractivity contribution in [3.05, 3.63) is 48.6 Å². The van der Waals surface area contributed by atoms with Gasteiger partial charge in [-0.3, -0.25) is 9.59 Å². The molecule has 266 valence electrons. The van der Waals surface area contributed by atoms with Gasteiger partial charge in [-0.25, -0.2) is 0 Å². The normalized spacial score (nSPS) is 14.8. The second kappa shape index (κ2) is 32.7. The molecular weight excluding hydrogens is 584 g/mol. The van der Waals surface area contributed by atoms with E-state index >= 15 is 0 Å². The molecule has 0 heterocycles. The number of carbonyl (C=O) groups is 2. The fourth-order valence-electron chi connectivity index (χ4n) is 4.76. The number of ether oxygens (including phenoxy) is 2. The van der Waals surface area contributed by atoms with Crippen LogP contribution >= 0.6 is 0 Å². The molecule has 0 aromatic heterocycles. The fraction of sp³-hybridized carbons (Fsp3) is 0.737. The van der Waals surface area contributed by atoms with Crippen LogP contribution in [0.1, 0.15) is 142 Å². The van der Waals surface area contributed by atoms with Crippen LogP contribution < -0.4 is 0 Å². The number of aliphatic hydroxyl groups is 4. The maximum Gasteiger partial charge on any atom is 0.305 e. The maximum atomic E-state index is 12.0. The summed E-state index contributed by atoms with van der Waals surface area (Å²) >= 11 is 0. The Morgan fingerprint density at radius 2 is 0.957 bits per heavy atom. The van der Waals surface area contributed by atoms with Crippen molar-refractivity contribution in [2.75, 3.05) is 13.2 Å². The topological polar surface area (TPSA) is 134 Å². The second-order valence-corrected chi connectivity index (χ2v) is 12.2. The van der Waals surface area contributed by atoms with E-state index in [1.54, 1.807) is 36.5 Å². The van der Waals surface area contributed by atoms with Crippen molar-refractivity contribution in [3.8, 4) is 0 Å². The Bertz CT molecular complexity index is 835. The van der Waals surface area contributed by atoms with Gasteiger partial charge in [0.1, 0.15) is 19.3 Å². The third-order valence-corrected chi connectivity index (χ3v) is 7.68. The summed E-state index contributed by atoms with van der Waals surface area (Å²) in [6, 6.07) is 0. The molecular formula is C38H66O8. The molecule has 0 unspecified atom stereocenters. The largest absolute Gasteiger partial charge is 0.463 e. The smallest absolute Gasteiger partial charge is 0.305 e. The predicted molar refractivity (Wildman–Crippen MR) is 186 cm³/mol. The van der Waals surface area contributed by atoms with E-state index in [1.807, 2.05) is 6.08 Å². The zero-order valence-corrected chi connectivity index (χ0v) is 28.9. The summed E-state index contributed by atoms with van der Waals surface area (Å²) in [5, 5.41) is 40.0. The van der Waals surface area contributed by atoms with Gasteiger partial charge >= 0.3 is 11.9 Å². The zero-order valence-electron chi connectivity index (χ0n) is 28.9. The van der Waals surface area contributed by atoms with Gasteiger partial charge in [0, 0.05) is 12.8 Å². The van der Waals surface area contributed by atoms with Crippen LogP contribution in [-0.4, -0.2) is 70.0 Å². The average Bonchev–Trinajstić information content (AvgIpc) is 3.04. The van der Waals surface area contributed by atoms with Crippen LogP contribution in [0.15, 0.2) is 48.6 Å². The molecule has 0 rings (SSSR count). The molecule has 46 heavy (non-hydrogen) atoms. The lowest BCUT2D eigenvalue weighted by molar-refractivity contribution is -0.152. The van der Waals surface area contributed by atoms with Crippen molar-refractivity contribution in [1.29, 1.82) is 0 Å². The SMILES string of the molecule is CCCCCCCCCCCCCCC(=O)OC[C@H](O)COC(=O)CCC[C@@H](O)[C@H](O)/C=C/C=C/C=C\C=C\[C@H](O)CCCCC. The van der Waals surface area contributed by atoms with Gasteiger partial charge in [0.15, 0.2) is 0 Å². The molecule has 4 atom stereocenters. The van der Waals surface area contributed by atoms with E-state index in [1.165, 1.54) is 63.9 Å². The van der Waals surface area contributed by atoms with Gasteiger partial charge in [0.05, 0.1) is 18.3 Å². The van der Waals surface area contributed by atoms with Crippen molar-refractivity contribution >= 4 is 11.9 Å². The van der Waals surface area contributed by atoms with E-state index in [0.29, 0.717) is 12.8 Å². The highest BCUT2D eigenvalue weighted by Crippen LogP contribution is 2.13. The molecule has 0 aromatic rings. The van der Waals surface area contributed by atoms with Crippen LogP contribution in [0.5, 0.6) is 0 Å². The van der Waals surface area contributed by atoms with Gasteiger partial charge in [-0.15, -0.1) is 0 Å². The van der Waals surface area contributed by atoms with E-state index in [4.69, 9.17) is 9.47 Å². The molecule has 0 aromatic carbocycles. The summed E-state index contributed by atoms with van der Waals surface area (Å²) in [7, 11) is 0. The van der Waals surface area contributed by atoms with Crippen molar-refractivity contribution < 1.29 is 39.5 Å². The highest BCUT2D eigenvalue weighted by molar-refractivity contribution is 5.69. The molecule has 8 nitrogen and oxygen atoms in total. The van der Waals surface area contributed by atoms with Crippen molar-refractivity contribution in [2.45, 2.75) is 167 Å². The number of unbranched alkanes of at least 4 members (excludes halogenated alkanes) is 13. The van der Waals surface area contributed by atoms with E-state index < -0.39 is 30.4 Å². The standard InChI is InChI=1S/C38H66O8/c1-3-5-7-8-9-10-11-12-13-14-19-23-29-37(43)45-31-34(40)32-46-38(44)30-24-28-36(42)35(41)27-22-18-16-15-17-21-26-33(39)25-20-6-4-2/h15-18,21-22,26-27,33-36,39-42H,3-14,19-20,23-25,28-32H2,1-2H3/b17-15-,18-16+,26-21+,27-22+/t33-,34+,35-,36-/m1/s1. The Labute approximate surface area is 279 Å². The number of hydrogen-bond acceptors (Lipinski definition) is 8. The van der Waals surface area contributed by atoms with Crippen molar-refractivity contribution in [2.24, 2.45) is 0 Å². The van der Waals surface area contributed by atoms with E-state index in [2.05, 4.69) is 13.8 Å². The van der Waals surface area contributed by atoms with Gasteiger partial charge in [0.2, 0.25) is 0 Å². The Balaban J connectivity index is 3.83. The minimum atomic E-state index is -1.09. The molecule has 0 spiro atoms. The molecule has 8 heteroatoms. The molecule has 0 bridgehead atoms. The lowest BCUT2D eigenvalue weighted by Gasteiger charge is -2.14. The fourth-order valence-corrected chi connectivity index (χ4v) is 4.76. The third-order valence-electron chi connectivity index (χ3n) is 7.68. The summed E-state index contributed by atoms with van der Waals surface area (Å²) in [6.45, 7) is 3.88. The highest BCUT2D eigenvalue weighted by atomic mass is 16.6. The second-order valence-electron chi connectivity index (χ2n) is 12.2. The minimum Gasteiger partial charge on any atom is -0.463 e. The Morgan fingerprint density at radius 3 is 1.50 bits per heavy atom. The molecule has 0 fully saturated rings. The average molecular weight is 651 g/mol. The molecule has 0 amide bonds. The monoisotopic (exact) mass is 650 g/mol. The van der Waals surface area contributed by atoms with Gasteiger partial charge in [0.25, 0.3) is 0 Å². The number of carbonyl (C=O) groups excluding carboxylic acids is 2. The molecule has 0 aliphatic carbocycles. The van der Waals surface area contributed by atoms with Crippen LogP contribution in [0, 0.1) is 0 Å². The molecule has 0 saturated heterocycles. The van der Waals surface area contributed by atoms with Crippen LogP contribution in [0.4, 0.5) is 0 Å². The van der Waals surface area contributed by atoms with E-state index in [0.717, 1.165) is 44.9 Å². The molecule has 0 saturated carbocycles. The van der Waals surface area contributed by atoms with Crippen molar-refractivity contribution in [3.63, 3.8) is 0 Å². The number of esters is 2. The zero-order chi connectivity index (χ0) is 34.1. The van der Waals surface area contributed by atoms with Gasteiger partial charge in [-0.05, 0) is 25.7 Å². The Hall–Kier alpha value is -2.26. The first kappa shape index (κ1) is 43.7. The summed E-state index contributed by atoms with van der Waals surface area (Å²) < 4.78 is 10.1. The summed E-state index contributed by atoms with van der Waals surface area (Å²) in [4.78, 5) is 23.9. The maximum absolute atomic E-state index is 12.0. The summed E-state index contributed by atoms with van der Waals surface area (Å²) in [5.74, 6) is -0.885. The van der Waals surface area contributed by atoms with Gasteiger partial charge < -0.3 is 29.9 Å². The lowest BCUT2D eigenvalue weighted by Crippen LogP contribution is -2.26. The first-order chi connectivity index (χ1) is 22.3. The Kier molecular flexibility index (Phi) is 31.1. The summed E-state index contributed by atoms with van der Waals surface area (Å²) in [6.07, 6.45) is 29.7. The molecule has 4 N–H and O–H groups in total. The quantitative estimate of drug-likeness (QED) is 0.0343. The Morgan fingerprint density at radius 1 is 0.522 bits per heavy atom. The summed E-state index contributed by atoms with van der Waals surface area (Å²) in [5.41, 5.74) is 0. The van der Waals surface area contributed by atoms with Crippen molar-refractivity contribution in [1.82, 2.24) is 0 Å². The number of allylic oxidation sites excluding steroid dienone is 6. The first-order valence-electron chi connectivity index (χ1n) is 18.0. The third kappa shape index (κ3) is 30.4. The van der Waals surface area contributed by atoms with Crippen LogP contribution in [-0.2, 0) is 19.1 Å². The predicted octanol–water partition coefficient (Wildman–Crippen LogP) is 7.58. The molecule has 0 aliphatic heterocycles. The van der Waals surface area contributed by atoms with Crippen LogP contribution in [0.3, 0.4) is 0 Å². The minimum absolute atomic E-state index is 0.0322. The van der Waals surface area contributed by atoms with Gasteiger partial charge in [-0.1, -0.05) is 152 Å². The van der Waals surface area contributed by atoms with Crippen LogP contribution in [0.25, 0.3) is 0 Å². The van der Waals surface area contributed by atoms with Crippen LogP contribution in [0.2, 0.25) is 0 Å². The number of rotatable bonds is 31. The molecule has 0 radical (unpaired) electrons. The van der Waals surface area contributed by atoms with E-state index in [9.17, 15) is 30.0 Å². The molecule has 0 aliphatic rings. The first-order valence-corrected chi connectivity index (χ1v) is 18.0. The lowest BCUT2D eigenvalue weighted by atomic mass is 10.0.